The molecule has 0 radical (unpaired) electrons. The van der Waals surface area contributed by atoms with Crippen molar-refractivity contribution in [1.82, 2.24) is 9.62 Å². The van der Waals surface area contributed by atoms with Gasteiger partial charge in [-0.25, -0.2) is 17.9 Å². The van der Waals surface area contributed by atoms with E-state index in [4.69, 9.17) is 0 Å². The van der Waals surface area contributed by atoms with E-state index < -0.39 is 16.0 Å². The second-order valence-corrected chi connectivity index (χ2v) is 8.11. The summed E-state index contributed by atoms with van der Waals surface area (Å²) in [5.74, 6) is -0.572. The van der Waals surface area contributed by atoms with Crippen LogP contribution in [0.1, 0.15) is 21.3 Å². The van der Waals surface area contributed by atoms with Gasteiger partial charge in [-0.15, -0.1) is 11.3 Å². The van der Waals surface area contributed by atoms with Gasteiger partial charge in [-0.2, -0.15) is 0 Å². The van der Waals surface area contributed by atoms with Crippen LogP contribution in [0.4, 0.5) is 0 Å². The Morgan fingerprint density at radius 1 is 1.29 bits per heavy atom. The number of esters is 1. The van der Waals surface area contributed by atoms with Crippen LogP contribution in [0.2, 0.25) is 0 Å². The van der Waals surface area contributed by atoms with E-state index in [0.717, 1.165) is 4.88 Å². The first-order valence-corrected chi connectivity index (χ1v) is 9.59. The molecule has 0 bridgehead atoms. The lowest BCUT2D eigenvalue weighted by molar-refractivity contribution is 0.0600. The minimum Gasteiger partial charge on any atom is -0.465 e. The van der Waals surface area contributed by atoms with Crippen molar-refractivity contribution in [1.29, 1.82) is 0 Å². The molecule has 1 aromatic heterocycles. The van der Waals surface area contributed by atoms with Crippen molar-refractivity contribution < 1.29 is 17.9 Å². The Bertz CT molecular complexity index is 786. The van der Waals surface area contributed by atoms with Crippen LogP contribution in [0.3, 0.4) is 0 Å². The molecule has 1 unspecified atom stereocenters. The number of carbonyl (C=O) groups excluding carboxylic acids is 1. The van der Waals surface area contributed by atoms with Crippen LogP contribution in [0.15, 0.2) is 46.7 Å². The maximum absolute atomic E-state index is 12.5. The summed E-state index contributed by atoms with van der Waals surface area (Å²) in [6, 6.07) is 9.63. The summed E-state index contributed by atoms with van der Waals surface area (Å²) in [7, 11) is 1.33. The number of thiophene rings is 1. The Kier molecular flexibility index (Phi) is 6.11. The van der Waals surface area contributed by atoms with E-state index in [1.807, 2.05) is 36.5 Å². The van der Waals surface area contributed by atoms with Crippen LogP contribution in [-0.2, 0) is 14.8 Å². The number of hydrogen-bond donors (Lipinski definition) is 1. The second-order valence-electron chi connectivity index (χ2n) is 5.37. The van der Waals surface area contributed by atoms with Gasteiger partial charge in [0.2, 0.25) is 10.0 Å². The first kappa shape index (κ1) is 18.6. The smallest absolute Gasteiger partial charge is 0.337 e. The number of hydrogen-bond acceptors (Lipinski definition) is 6. The number of sulfonamides is 1. The largest absolute Gasteiger partial charge is 0.465 e. The van der Waals surface area contributed by atoms with Gasteiger partial charge in [0.15, 0.2) is 0 Å². The van der Waals surface area contributed by atoms with Crippen molar-refractivity contribution in [3.8, 4) is 0 Å². The van der Waals surface area contributed by atoms with Crippen molar-refractivity contribution in [3.05, 3.63) is 52.2 Å². The molecule has 1 atom stereocenters. The van der Waals surface area contributed by atoms with E-state index in [1.165, 1.54) is 31.4 Å². The zero-order valence-electron chi connectivity index (χ0n) is 13.7. The highest BCUT2D eigenvalue weighted by Crippen LogP contribution is 2.23. The molecule has 24 heavy (non-hydrogen) atoms. The highest BCUT2D eigenvalue weighted by molar-refractivity contribution is 7.89. The zero-order chi connectivity index (χ0) is 17.7. The molecule has 0 saturated carbocycles. The van der Waals surface area contributed by atoms with Gasteiger partial charge in [-0.3, -0.25) is 0 Å². The maximum Gasteiger partial charge on any atom is 0.337 e. The Morgan fingerprint density at radius 2 is 2.04 bits per heavy atom. The molecule has 6 nitrogen and oxygen atoms in total. The monoisotopic (exact) mass is 368 g/mol. The molecule has 1 N–H and O–H groups in total. The molecule has 2 aromatic rings. The quantitative estimate of drug-likeness (QED) is 0.758. The highest BCUT2D eigenvalue weighted by Gasteiger charge is 2.21. The van der Waals surface area contributed by atoms with Crippen LogP contribution in [0, 0.1) is 0 Å². The van der Waals surface area contributed by atoms with Gasteiger partial charge >= 0.3 is 5.97 Å². The molecule has 0 amide bonds. The number of methoxy groups -OCH3 is 1. The van der Waals surface area contributed by atoms with Crippen molar-refractivity contribution in [2.45, 2.75) is 10.9 Å². The van der Waals surface area contributed by atoms with E-state index in [2.05, 4.69) is 9.46 Å². The van der Waals surface area contributed by atoms with E-state index in [0.29, 0.717) is 0 Å². The summed E-state index contributed by atoms with van der Waals surface area (Å²) in [6.45, 7) is 0.234. The molecule has 0 fully saturated rings. The first-order valence-electron chi connectivity index (χ1n) is 7.23. The summed E-state index contributed by atoms with van der Waals surface area (Å²) in [5, 5.41) is 1.96. The van der Waals surface area contributed by atoms with Gasteiger partial charge in [0.1, 0.15) is 0 Å². The normalized spacial score (nSPS) is 13.0. The average molecular weight is 368 g/mol. The van der Waals surface area contributed by atoms with Gasteiger partial charge in [0.05, 0.1) is 23.6 Å². The molecule has 1 aromatic carbocycles. The third-order valence-corrected chi connectivity index (χ3v) is 5.92. The molecule has 0 aliphatic rings. The summed E-state index contributed by atoms with van der Waals surface area (Å²) in [5.41, 5.74) is 0.197. The maximum atomic E-state index is 12.5. The third-order valence-electron chi connectivity index (χ3n) is 3.53. The summed E-state index contributed by atoms with van der Waals surface area (Å²) >= 11 is 1.58. The predicted octanol–water partition coefficient (Wildman–Crippen LogP) is 2.12. The van der Waals surface area contributed by atoms with Crippen LogP contribution < -0.4 is 4.72 Å². The van der Waals surface area contributed by atoms with Gasteiger partial charge in [-0.05, 0) is 43.7 Å². The number of carbonyl (C=O) groups is 1. The predicted molar refractivity (Wildman–Crippen MR) is 93.7 cm³/mol. The summed E-state index contributed by atoms with van der Waals surface area (Å²) in [4.78, 5) is 14.6. The Labute approximate surface area is 146 Å². The van der Waals surface area contributed by atoms with Crippen molar-refractivity contribution >= 4 is 27.3 Å². The molecular weight excluding hydrogens is 348 g/mol. The second kappa shape index (κ2) is 7.89. The summed E-state index contributed by atoms with van der Waals surface area (Å²) in [6.07, 6.45) is 0. The highest BCUT2D eigenvalue weighted by atomic mass is 32.2. The number of rotatable bonds is 7. The lowest BCUT2D eigenvalue weighted by Crippen LogP contribution is -2.34. The van der Waals surface area contributed by atoms with Crippen molar-refractivity contribution in [2.75, 3.05) is 27.7 Å². The molecular formula is C16H20N2O4S2. The third kappa shape index (κ3) is 4.41. The topological polar surface area (TPSA) is 75.7 Å². The van der Waals surface area contributed by atoms with Gasteiger partial charge < -0.3 is 9.64 Å². The van der Waals surface area contributed by atoms with Gasteiger partial charge in [0, 0.05) is 11.4 Å². The Morgan fingerprint density at radius 3 is 2.62 bits per heavy atom. The van der Waals surface area contributed by atoms with E-state index in [1.54, 1.807) is 11.3 Å². The SMILES string of the molecule is COC(=O)c1cccc(S(=O)(=O)NCC(c2cccs2)N(C)C)c1. The van der Waals surface area contributed by atoms with Crippen LogP contribution in [-0.4, -0.2) is 47.0 Å². The molecule has 130 valence electrons. The molecule has 1 heterocycles. The van der Waals surface area contributed by atoms with E-state index >= 15 is 0 Å². The van der Waals surface area contributed by atoms with Crippen molar-refractivity contribution in [2.24, 2.45) is 0 Å². The van der Waals surface area contributed by atoms with E-state index in [9.17, 15) is 13.2 Å². The molecule has 2 rings (SSSR count). The lowest BCUT2D eigenvalue weighted by Gasteiger charge is -2.23. The number of ether oxygens (including phenoxy) is 1. The number of nitrogens with zero attached hydrogens (tertiary/aromatic N) is 1. The van der Waals surface area contributed by atoms with Crippen LogP contribution in [0.25, 0.3) is 0 Å². The van der Waals surface area contributed by atoms with Crippen LogP contribution >= 0.6 is 11.3 Å². The van der Waals surface area contributed by atoms with Crippen molar-refractivity contribution in [3.63, 3.8) is 0 Å². The summed E-state index contributed by atoms with van der Waals surface area (Å²) < 4.78 is 32.3. The fourth-order valence-corrected chi connectivity index (χ4v) is 4.21. The number of benzene rings is 1. The molecule has 0 aliphatic carbocycles. The first-order chi connectivity index (χ1) is 11.3. The standard InChI is InChI=1S/C16H20N2O4S2/c1-18(2)14(15-8-5-9-23-15)11-17-24(20,21)13-7-4-6-12(10-13)16(19)22-3/h4-10,14,17H,11H2,1-3H3. The van der Waals surface area contributed by atoms with Gasteiger partial charge in [-0.1, -0.05) is 12.1 Å². The Balaban J connectivity index is 2.17. The minimum absolute atomic E-state index is 0.0362. The van der Waals surface area contributed by atoms with Crippen LogP contribution in [0.5, 0.6) is 0 Å². The fourth-order valence-electron chi connectivity index (χ4n) is 2.20. The van der Waals surface area contributed by atoms with Gasteiger partial charge in [0.25, 0.3) is 0 Å². The lowest BCUT2D eigenvalue weighted by atomic mass is 10.2. The Hall–Kier alpha value is -1.74. The number of nitrogens with one attached hydrogen (secondary N) is 1. The fraction of sp³-hybridized carbons (Fsp3) is 0.312. The molecule has 0 aliphatic heterocycles. The minimum atomic E-state index is -3.72. The van der Waals surface area contributed by atoms with E-state index in [-0.39, 0.29) is 23.0 Å². The molecule has 0 saturated heterocycles. The molecule has 0 spiro atoms. The zero-order valence-corrected chi connectivity index (χ0v) is 15.4. The average Bonchev–Trinajstić information content (AvgIpc) is 3.08. The molecule has 8 heteroatoms. The number of likely N-dealkylation sites (N-methyl/N-ethyl adjacent to an activating group) is 1.